The third-order valence-electron chi connectivity index (χ3n) is 2.29. The maximum atomic E-state index is 11.7. The van der Waals surface area contributed by atoms with Crippen molar-refractivity contribution < 1.29 is 14.0 Å². The van der Waals surface area contributed by atoms with E-state index in [1.54, 1.807) is 30.3 Å². The van der Waals surface area contributed by atoms with E-state index in [1.165, 1.54) is 12.5 Å². The number of furan rings is 1. The second-order valence-electron chi connectivity index (χ2n) is 3.48. The molecule has 0 aliphatic rings. The Kier molecular flexibility index (Phi) is 3.35. The SMILES string of the molecule is O=C(CNC(=O)c1ccoc1)c1ccccc1. The van der Waals surface area contributed by atoms with Crippen molar-refractivity contribution >= 4 is 11.7 Å². The summed E-state index contributed by atoms with van der Waals surface area (Å²) in [5.41, 5.74) is 0.992. The van der Waals surface area contributed by atoms with Crippen LogP contribution in [0.4, 0.5) is 0 Å². The summed E-state index contributed by atoms with van der Waals surface area (Å²) in [5, 5.41) is 2.53. The van der Waals surface area contributed by atoms with Gasteiger partial charge in [0.2, 0.25) is 0 Å². The van der Waals surface area contributed by atoms with Gasteiger partial charge in [-0.3, -0.25) is 9.59 Å². The van der Waals surface area contributed by atoms with Gasteiger partial charge in [-0.2, -0.15) is 0 Å². The van der Waals surface area contributed by atoms with Crippen LogP contribution in [0.25, 0.3) is 0 Å². The van der Waals surface area contributed by atoms with Gasteiger partial charge in [-0.1, -0.05) is 30.3 Å². The van der Waals surface area contributed by atoms with Crippen LogP contribution >= 0.6 is 0 Å². The number of carbonyl (C=O) groups excluding carboxylic acids is 2. The summed E-state index contributed by atoms with van der Waals surface area (Å²) in [5.74, 6) is -0.439. The smallest absolute Gasteiger partial charge is 0.254 e. The maximum absolute atomic E-state index is 11.7. The fourth-order valence-corrected chi connectivity index (χ4v) is 1.38. The molecule has 0 radical (unpaired) electrons. The summed E-state index contributed by atoms with van der Waals surface area (Å²) in [6, 6.07) is 10.4. The average Bonchev–Trinajstić information content (AvgIpc) is 2.90. The lowest BCUT2D eigenvalue weighted by atomic mass is 10.1. The van der Waals surface area contributed by atoms with E-state index in [4.69, 9.17) is 4.42 Å². The summed E-state index contributed by atoms with van der Waals surface area (Å²) in [4.78, 5) is 23.2. The lowest BCUT2D eigenvalue weighted by Crippen LogP contribution is -2.29. The molecule has 0 fully saturated rings. The van der Waals surface area contributed by atoms with Crippen LogP contribution in [0.5, 0.6) is 0 Å². The van der Waals surface area contributed by atoms with Gasteiger partial charge in [0, 0.05) is 5.56 Å². The minimum absolute atomic E-state index is 0.0198. The fraction of sp³-hybridized carbons (Fsp3) is 0.0769. The number of hydrogen-bond donors (Lipinski definition) is 1. The third-order valence-corrected chi connectivity index (χ3v) is 2.29. The van der Waals surface area contributed by atoms with Gasteiger partial charge in [-0.15, -0.1) is 0 Å². The number of nitrogens with one attached hydrogen (secondary N) is 1. The van der Waals surface area contributed by atoms with Gasteiger partial charge < -0.3 is 9.73 Å². The Morgan fingerprint density at radius 2 is 1.82 bits per heavy atom. The molecule has 0 spiro atoms. The molecule has 0 saturated heterocycles. The first-order chi connectivity index (χ1) is 8.27. The number of rotatable bonds is 4. The molecular formula is C13H11NO3. The van der Waals surface area contributed by atoms with Gasteiger partial charge in [-0.05, 0) is 6.07 Å². The number of hydrogen-bond acceptors (Lipinski definition) is 3. The number of amides is 1. The topological polar surface area (TPSA) is 59.3 Å². The number of Topliss-reactive ketones (excluding diaryl/α,β-unsaturated/α-hetero) is 1. The van der Waals surface area contributed by atoms with Crippen LogP contribution < -0.4 is 5.32 Å². The van der Waals surface area contributed by atoms with E-state index in [-0.39, 0.29) is 18.2 Å². The summed E-state index contributed by atoms with van der Waals surface area (Å²) >= 11 is 0. The molecule has 4 nitrogen and oxygen atoms in total. The summed E-state index contributed by atoms with van der Waals surface area (Å²) < 4.78 is 4.78. The van der Waals surface area contributed by atoms with Crippen molar-refractivity contribution in [1.29, 1.82) is 0 Å². The van der Waals surface area contributed by atoms with Crippen molar-refractivity contribution in [2.45, 2.75) is 0 Å². The van der Waals surface area contributed by atoms with Crippen molar-refractivity contribution in [3.8, 4) is 0 Å². The van der Waals surface area contributed by atoms with Gasteiger partial charge in [0.15, 0.2) is 5.78 Å². The van der Waals surface area contributed by atoms with Crippen LogP contribution in [0.15, 0.2) is 53.3 Å². The molecule has 1 N–H and O–H groups in total. The largest absolute Gasteiger partial charge is 0.472 e. The molecule has 86 valence electrons. The Morgan fingerprint density at radius 1 is 1.06 bits per heavy atom. The highest BCUT2D eigenvalue weighted by Gasteiger charge is 2.09. The lowest BCUT2D eigenvalue weighted by Gasteiger charge is -2.02. The predicted molar refractivity (Wildman–Crippen MR) is 61.8 cm³/mol. The van der Waals surface area contributed by atoms with Crippen molar-refractivity contribution in [2.75, 3.05) is 6.54 Å². The standard InChI is InChI=1S/C13H11NO3/c15-12(10-4-2-1-3-5-10)8-14-13(16)11-6-7-17-9-11/h1-7,9H,8H2,(H,14,16). The van der Waals surface area contributed by atoms with E-state index in [2.05, 4.69) is 5.32 Å². The zero-order valence-corrected chi connectivity index (χ0v) is 9.05. The van der Waals surface area contributed by atoms with Gasteiger partial charge >= 0.3 is 0 Å². The molecule has 1 aromatic heterocycles. The monoisotopic (exact) mass is 229 g/mol. The van der Waals surface area contributed by atoms with Crippen LogP contribution in [-0.2, 0) is 0 Å². The third kappa shape index (κ3) is 2.81. The number of benzene rings is 1. The molecule has 2 rings (SSSR count). The molecule has 0 atom stereocenters. The van der Waals surface area contributed by atoms with E-state index in [0.29, 0.717) is 11.1 Å². The molecular weight excluding hydrogens is 218 g/mol. The molecule has 1 amide bonds. The van der Waals surface area contributed by atoms with Gasteiger partial charge in [0.05, 0.1) is 18.4 Å². The molecule has 0 aliphatic heterocycles. The molecule has 17 heavy (non-hydrogen) atoms. The summed E-state index contributed by atoms with van der Waals surface area (Å²) in [6.07, 6.45) is 2.75. The van der Waals surface area contributed by atoms with Gasteiger partial charge in [0.1, 0.15) is 6.26 Å². The molecule has 0 unspecified atom stereocenters. The Labute approximate surface area is 98.3 Å². The van der Waals surface area contributed by atoms with E-state index in [9.17, 15) is 9.59 Å². The molecule has 4 heteroatoms. The summed E-state index contributed by atoms with van der Waals surface area (Å²) in [6.45, 7) is -0.0198. The highest BCUT2D eigenvalue weighted by molar-refractivity contribution is 6.01. The molecule has 1 aromatic carbocycles. The van der Waals surface area contributed by atoms with Crippen molar-refractivity contribution in [1.82, 2.24) is 5.32 Å². The molecule has 0 saturated carbocycles. The maximum Gasteiger partial charge on any atom is 0.254 e. The Bertz CT molecular complexity index is 503. The van der Waals surface area contributed by atoms with Crippen LogP contribution in [0.2, 0.25) is 0 Å². The number of ketones is 1. The predicted octanol–water partition coefficient (Wildman–Crippen LogP) is 1.89. The first kappa shape index (κ1) is 11.1. The first-order valence-corrected chi connectivity index (χ1v) is 5.16. The normalized spacial score (nSPS) is 9.88. The van der Waals surface area contributed by atoms with Crippen LogP contribution in [0.1, 0.15) is 20.7 Å². The molecule has 1 heterocycles. The Hall–Kier alpha value is -2.36. The van der Waals surface area contributed by atoms with Crippen LogP contribution in [0, 0.1) is 0 Å². The van der Waals surface area contributed by atoms with Crippen LogP contribution in [0.3, 0.4) is 0 Å². The Morgan fingerprint density at radius 3 is 2.47 bits per heavy atom. The van der Waals surface area contributed by atoms with E-state index >= 15 is 0 Å². The molecule has 0 bridgehead atoms. The average molecular weight is 229 g/mol. The minimum Gasteiger partial charge on any atom is -0.472 e. The summed E-state index contributed by atoms with van der Waals surface area (Å²) in [7, 11) is 0. The van der Waals surface area contributed by atoms with E-state index in [1.807, 2.05) is 6.07 Å². The first-order valence-electron chi connectivity index (χ1n) is 5.16. The van der Waals surface area contributed by atoms with Crippen molar-refractivity contribution in [3.63, 3.8) is 0 Å². The quantitative estimate of drug-likeness (QED) is 0.814. The second kappa shape index (κ2) is 5.12. The Balaban J connectivity index is 1.91. The highest BCUT2D eigenvalue weighted by Crippen LogP contribution is 2.01. The van der Waals surface area contributed by atoms with E-state index < -0.39 is 0 Å². The fourth-order valence-electron chi connectivity index (χ4n) is 1.38. The zero-order valence-electron chi connectivity index (χ0n) is 9.05. The molecule has 0 aliphatic carbocycles. The van der Waals surface area contributed by atoms with Crippen molar-refractivity contribution in [3.05, 3.63) is 60.1 Å². The van der Waals surface area contributed by atoms with Gasteiger partial charge in [0.25, 0.3) is 5.91 Å². The molecule has 2 aromatic rings. The van der Waals surface area contributed by atoms with Gasteiger partial charge in [-0.25, -0.2) is 0 Å². The van der Waals surface area contributed by atoms with E-state index in [0.717, 1.165) is 0 Å². The number of carbonyl (C=O) groups is 2. The second-order valence-corrected chi connectivity index (χ2v) is 3.48. The zero-order chi connectivity index (χ0) is 12.1. The highest BCUT2D eigenvalue weighted by atomic mass is 16.3. The minimum atomic E-state index is -0.317. The van der Waals surface area contributed by atoms with Crippen molar-refractivity contribution in [2.24, 2.45) is 0 Å². The lowest BCUT2D eigenvalue weighted by molar-refractivity contribution is 0.0903. The van der Waals surface area contributed by atoms with Crippen LogP contribution in [-0.4, -0.2) is 18.2 Å².